The summed E-state index contributed by atoms with van der Waals surface area (Å²) in [4.78, 5) is 2.42. The van der Waals surface area contributed by atoms with Crippen LogP contribution in [0.3, 0.4) is 0 Å². The van der Waals surface area contributed by atoms with Crippen LogP contribution >= 0.6 is 0 Å². The van der Waals surface area contributed by atoms with Gasteiger partial charge in [-0.1, -0.05) is 0 Å². The molecule has 17 heavy (non-hydrogen) atoms. The van der Waals surface area contributed by atoms with Crippen LogP contribution < -0.4 is 5.32 Å². The van der Waals surface area contributed by atoms with Gasteiger partial charge in [0.1, 0.15) is 0 Å². The molecule has 2 atom stereocenters. The molecular weight excluding hydrogens is 216 g/mol. The Morgan fingerprint density at radius 3 is 2.71 bits per heavy atom. The van der Waals surface area contributed by atoms with E-state index < -0.39 is 0 Å². The maximum absolute atomic E-state index is 5.42. The van der Waals surface area contributed by atoms with E-state index in [0.717, 1.165) is 32.2 Å². The molecule has 102 valence electrons. The van der Waals surface area contributed by atoms with E-state index in [-0.39, 0.29) is 0 Å². The number of nitrogens with zero attached hydrogens (tertiary/aromatic N) is 1. The van der Waals surface area contributed by atoms with Gasteiger partial charge in [0.2, 0.25) is 0 Å². The number of nitrogens with one attached hydrogen (secondary N) is 1. The number of likely N-dealkylation sites (tertiary alicyclic amines) is 1. The minimum Gasteiger partial charge on any atom is -0.382 e. The van der Waals surface area contributed by atoms with Crippen LogP contribution in [0.5, 0.6) is 0 Å². The summed E-state index contributed by atoms with van der Waals surface area (Å²) in [5.41, 5.74) is 0. The molecule has 0 aliphatic carbocycles. The molecule has 4 heteroatoms. The van der Waals surface area contributed by atoms with Crippen molar-refractivity contribution >= 4 is 0 Å². The zero-order valence-corrected chi connectivity index (χ0v) is 11.6. The Hall–Kier alpha value is -0.160. The van der Waals surface area contributed by atoms with Gasteiger partial charge in [-0.05, 0) is 39.8 Å². The number of unbranched alkanes of at least 4 members (excludes halogenated alkanes) is 1. The Balaban J connectivity index is 1.85. The summed E-state index contributed by atoms with van der Waals surface area (Å²) in [6.45, 7) is 6.86. The first-order valence-electron chi connectivity index (χ1n) is 6.74. The molecule has 1 aliphatic heterocycles. The highest BCUT2D eigenvalue weighted by Crippen LogP contribution is 2.14. The van der Waals surface area contributed by atoms with Crippen LogP contribution in [0.15, 0.2) is 0 Å². The Bertz CT molecular complexity index is 180. The molecule has 1 heterocycles. The maximum atomic E-state index is 5.42. The molecule has 1 fully saturated rings. The molecule has 1 saturated heterocycles. The molecular formula is C13H28N2O2. The third-order valence-electron chi connectivity index (χ3n) is 3.47. The number of hydrogen-bond donors (Lipinski definition) is 1. The van der Waals surface area contributed by atoms with Crippen LogP contribution in [0.4, 0.5) is 0 Å². The predicted molar refractivity (Wildman–Crippen MR) is 70.4 cm³/mol. The summed E-state index contributed by atoms with van der Waals surface area (Å²) in [5, 5.41) is 3.62. The van der Waals surface area contributed by atoms with E-state index in [4.69, 9.17) is 9.47 Å². The fourth-order valence-electron chi connectivity index (χ4n) is 2.22. The molecule has 2 unspecified atom stereocenters. The van der Waals surface area contributed by atoms with Crippen molar-refractivity contribution in [2.75, 3.05) is 47.1 Å². The third kappa shape index (κ3) is 6.36. The van der Waals surface area contributed by atoms with Crippen molar-refractivity contribution in [2.45, 2.75) is 38.3 Å². The molecule has 1 N–H and O–H groups in total. The molecule has 0 aromatic heterocycles. The van der Waals surface area contributed by atoms with Crippen LogP contribution in [0, 0.1) is 0 Å². The molecule has 0 saturated carbocycles. The predicted octanol–water partition coefficient (Wildman–Crippen LogP) is 1.11. The first kappa shape index (κ1) is 14.9. The van der Waals surface area contributed by atoms with Crippen LogP contribution in [0.25, 0.3) is 0 Å². The van der Waals surface area contributed by atoms with Crippen LogP contribution in [0.2, 0.25) is 0 Å². The second-order valence-corrected chi connectivity index (χ2v) is 4.99. The van der Waals surface area contributed by atoms with Crippen LogP contribution in [-0.2, 0) is 9.47 Å². The van der Waals surface area contributed by atoms with Gasteiger partial charge in [-0.15, -0.1) is 0 Å². The highest BCUT2D eigenvalue weighted by molar-refractivity contribution is 4.84. The first-order valence-corrected chi connectivity index (χ1v) is 6.74. The highest BCUT2D eigenvalue weighted by Gasteiger charge is 2.24. The second-order valence-electron chi connectivity index (χ2n) is 4.99. The third-order valence-corrected chi connectivity index (χ3v) is 3.47. The lowest BCUT2D eigenvalue weighted by atomic mass is 10.2. The zero-order valence-electron chi connectivity index (χ0n) is 11.6. The maximum Gasteiger partial charge on any atom is 0.0700 e. The van der Waals surface area contributed by atoms with Gasteiger partial charge in [0.15, 0.2) is 0 Å². The Morgan fingerprint density at radius 1 is 1.24 bits per heavy atom. The molecule has 0 spiro atoms. The molecule has 4 nitrogen and oxygen atoms in total. The topological polar surface area (TPSA) is 33.7 Å². The van der Waals surface area contributed by atoms with E-state index in [1.165, 1.54) is 19.4 Å². The van der Waals surface area contributed by atoms with Gasteiger partial charge in [0, 0.05) is 32.3 Å². The monoisotopic (exact) mass is 244 g/mol. The number of likely N-dealkylation sites (N-methyl/N-ethyl adjacent to an activating group) is 1. The van der Waals surface area contributed by atoms with E-state index in [1.807, 2.05) is 0 Å². The quantitative estimate of drug-likeness (QED) is 0.616. The summed E-state index contributed by atoms with van der Waals surface area (Å²) in [6.07, 6.45) is 3.61. The minimum absolute atomic E-state index is 0.685. The van der Waals surface area contributed by atoms with Gasteiger partial charge >= 0.3 is 0 Å². The number of methoxy groups -OCH3 is 1. The second kappa shape index (κ2) is 8.86. The Kier molecular flexibility index (Phi) is 7.77. The molecule has 1 rings (SSSR count). The lowest BCUT2D eigenvalue weighted by Crippen LogP contribution is -2.32. The van der Waals surface area contributed by atoms with Crippen LogP contribution in [-0.4, -0.2) is 64.1 Å². The van der Waals surface area contributed by atoms with E-state index in [0.29, 0.717) is 12.6 Å². The average molecular weight is 244 g/mol. The van der Waals surface area contributed by atoms with Crippen molar-refractivity contribution in [3.05, 3.63) is 0 Å². The molecule has 0 aromatic carbocycles. The lowest BCUT2D eigenvalue weighted by molar-refractivity contribution is 0.0687. The highest BCUT2D eigenvalue weighted by atomic mass is 16.5. The number of rotatable bonds is 9. The van der Waals surface area contributed by atoms with E-state index in [9.17, 15) is 0 Å². The van der Waals surface area contributed by atoms with E-state index in [2.05, 4.69) is 24.2 Å². The summed E-state index contributed by atoms with van der Waals surface area (Å²) < 4.78 is 10.3. The van der Waals surface area contributed by atoms with Gasteiger partial charge in [-0.3, -0.25) is 0 Å². The first-order chi connectivity index (χ1) is 8.24. The van der Waals surface area contributed by atoms with E-state index in [1.54, 1.807) is 7.11 Å². The Labute approximate surface area is 106 Å². The van der Waals surface area contributed by atoms with Gasteiger partial charge < -0.3 is 19.7 Å². The van der Waals surface area contributed by atoms with Crippen molar-refractivity contribution in [3.8, 4) is 0 Å². The van der Waals surface area contributed by atoms with Crippen molar-refractivity contribution < 1.29 is 9.47 Å². The molecule has 0 radical (unpaired) electrons. The fraction of sp³-hybridized carbons (Fsp3) is 1.00. The van der Waals surface area contributed by atoms with Gasteiger partial charge in [-0.2, -0.15) is 0 Å². The molecule has 0 aromatic rings. The summed E-state index contributed by atoms with van der Waals surface area (Å²) >= 11 is 0. The van der Waals surface area contributed by atoms with Crippen LogP contribution in [0.1, 0.15) is 26.2 Å². The smallest absolute Gasteiger partial charge is 0.0700 e. The van der Waals surface area contributed by atoms with Crippen molar-refractivity contribution in [2.24, 2.45) is 0 Å². The number of ether oxygens (including phenoxy) is 2. The summed E-state index contributed by atoms with van der Waals surface area (Å²) in [5.74, 6) is 0. The van der Waals surface area contributed by atoms with Crippen molar-refractivity contribution in [3.63, 3.8) is 0 Å². The minimum atomic E-state index is 0.685. The van der Waals surface area contributed by atoms with Crippen molar-refractivity contribution in [1.29, 1.82) is 0 Å². The average Bonchev–Trinajstić information content (AvgIpc) is 2.62. The largest absolute Gasteiger partial charge is 0.382 e. The Morgan fingerprint density at radius 2 is 2.06 bits per heavy atom. The lowest BCUT2D eigenvalue weighted by Gasteiger charge is -2.13. The number of hydrogen-bond acceptors (Lipinski definition) is 4. The molecule has 0 bridgehead atoms. The normalized spacial score (nSPS) is 25.6. The standard InChI is InChI=1S/C13H28N2O2/c1-12-10-13(11-15(12)2)14-6-4-5-7-17-9-8-16-3/h12-14H,4-11H2,1-3H3. The molecule has 0 amide bonds. The zero-order chi connectivity index (χ0) is 12.5. The summed E-state index contributed by atoms with van der Waals surface area (Å²) in [6, 6.07) is 1.41. The van der Waals surface area contributed by atoms with E-state index >= 15 is 0 Å². The van der Waals surface area contributed by atoms with Crippen molar-refractivity contribution in [1.82, 2.24) is 10.2 Å². The summed E-state index contributed by atoms with van der Waals surface area (Å²) in [7, 11) is 3.91. The van der Waals surface area contributed by atoms with Gasteiger partial charge in [-0.25, -0.2) is 0 Å². The fourth-order valence-corrected chi connectivity index (χ4v) is 2.22. The van der Waals surface area contributed by atoms with Gasteiger partial charge in [0.05, 0.1) is 13.2 Å². The molecule has 1 aliphatic rings. The van der Waals surface area contributed by atoms with Gasteiger partial charge in [0.25, 0.3) is 0 Å². The SMILES string of the molecule is COCCOCCCCNC1CC(C)N(C)C1.